The molecule has 1 saturated heterocycles. The molecule has 2 aliphatic carbocycles. The van der Waals surface area contributed by atoms with Crippen molar-refractivity contribution in [2.75, 3.05) is 26.7 Å². The van der Waals surface area contributed by atoms with Gasteiger partial charge in [0.25, 0.3) is 0 Å². The summed E-state index contributed by atoms with van der Waals surface area (Å²) in [5.74, 6) is 0.544. The fraction of sp³-hybridized carbons (Fsp3) is 0.944. The fourth-order valence-electron chi connectivity index (χ4n) is 5.07. The van der Waals surface area contributed by atoms with E-state index >= 15 is 0 Å². The summed E-state index contributed by atoms with van der Waals surface area (Å²) in [6, 6.07) is 0.402. The van der Waals surface area contributed by atoms with Crippen molar-refractivity contribution in [3.05, 3.63) is 0 Å². The third kappa shape index (κ3) is 2.80. The van der Waals surface area contributed by atoms with E-state index in [9.17, 15) is 4.79 Å². The maximum atomic E-state index is 12.9. The quantitative estimate of drug-likeness (QED) is 0.868. The van der Waals surface area contributed by atoms with Crippen molar-refractivity contribution < 1.29 is 9.53 Å². The first-order chi connectivity index (χ1) is 10.7. The molecule has 22 heavy (non-hydrogen) atoms. The van der Waals surface area contributed by atoms with Gasteiger partial charge in [-0.2, -0.15) is 0 Å². The molecule has 3 rings (SSSR count). The predicted molar refractivity (Wildman–Crippen MR) is 87.7 cm³/mol. The SMILES string of the molecule is CCOC1CC(N(C)C(=O)C2CCCNC2)C12CCCCC2. The third-order valence-electron chi connectivity index (χ3n) is 6.36. The maximum Gasteiger partial charge on any atom is 0.226 e. The Kier molecular flexibility index (Phi) is 5.08. The number of hydrogen-bond donors (Lipinski definition) is 1. The summed E-state index contributed by atoms with van der Waals surface area (Å²) in [6.45, 7) is 4.81. The molecule has 1 heterocycles. The second-order valence-electron chi connectivity index (χ2n) is 7.48. The number of amides is 1. The number of nitrogens with zero attached hydrogens (tertiary/aromatic N) is 1. The molecule has 0 aromatic rings. The van der Waals surface area contributed by atoms with Crippen molar-refractivity contribution >= 4 is 5.91 Å². The van der Waals surface area contributed by atoms with Gasteiger partial charge >= 0.3 is 0 Å². The zero-order valence-corrected chi connectivity index (χ0v) is 14.3. The minimum absolute atomic E-state index is 0.186. The Bertz CT molecular complexity index is 387. The molecule has 3 aliphatic rings. The van der Waals surface area contributed by atoms with Gasteiger partial charge in [-0.3, -0.25) is 4.79 Å². The minimum atomic E-state index is 0.186. The van der Waals surface area contributed by atoms with Crippen molar-refractivity contribution in [3.8, 4) is 0 Å². The maximum absolute atomic E-state index is 12.9. The van der Waals surface area contributed by atoms with E-state index in [2.05, 4.69) is 17.1 Å². The van der Waals surface area contributed by atoms with E-state index in [-0.39, 0.29) is 11.3 Å². The first-order valence-electron chi connectivity index (χ1n) is 9.28. The summed E-state index contributed by atoms with van der Waals surface area (Å²) in [6.07, 6.45) is 10.0. The Balaban J connectivity index is 1.68. The minimum Gasteiger partial charge on any atom is -0.378 e. The molecule has 126 valence electrons. The summed E-state index contributed by atoms with van der Waals surface area (Å²) in [4.78, 5) is 15.0. The van der Waals surface area contributed by atoms with Crippen LogP contribution in [0.3, 0.4) is 0 Å². The molecule has 3 atom stereocenters. The molecule has 1 amide bonds. The summed E-state index contributed by atoms with van der Waals surface area (Å²) < 4.78 is 6.03. The highest BCUT2D eigenvalue weighted by molar-refractivity contribution is 5.79. The van der Waals surface area contributed by atoms with E-state index in [4.69, 9.17) is 4.74 Å². The van der Waals surface area contributed by atoms with Crippen LogP contribution in [0.5, 0.6) is 0 Å². The van der Waals surface area contributed by atoms with Crippen molar-refractivity contribution in [3.63, 3.8) is 0 Å². The monoisotopic (exact) mass is 308 g/mol. The number of hydrogen-bond acceptors (Lipinski definition) is 3. The van der Waals surface area contributed by atoms with E-state index < -0.39 is 0 Å². The molecule has 0 bridgehead atoms. The number of carbonyl (C=O) groups excluding carboxylic acids is 1. The van der Waals surface area contributed by atoms with Gasteiger partial charge in [0.1, 0.15) is 0 Å². The summed E-state index contributed by atoms with van der Waals surface area (Å²) in [7, 11) is 2.04. The lowest BCUT2D eigenvalue weighted by Crippen LogP contribution is -2.66. The molecule has 3 unspecified atom stereocenters. The van der Waals surface area contributed by atoms with Crippen molar-refractivity contribution in [2.24, 2.45) is 11.3 Å². The normalized spacial score (nSPS) is 34.2. The van der Waals surface area contributed by atoms with E-state index in [0.717, 1.165) is 39.0 Å². The Morgan fingerprint density at radius 2 is 2.05 bits per heavy atom. The largest absolute Gasteiger partial charge is 0.378 e. The number of carbonyl (C=O) groups is 1. The zero-order valence-electron chi connectivity index (χ0n) is 14.3. The smallest absolute Gasteiger partial charge is 0.226 e. The Labute approximate surface area is 135 Å². The molecule has 1 N–H and O–H groups in total. The van der Waals surface area contributed by atoms with Crippen LogP contribution in [0.1, 0.15) is 58.3 Å². The molecule has 2 saturated carbocycles. The number of piperidine rings is 1. The van der Waals surface area contributed by atoms with Gasteiger partial charge in [0.2, 0.25) is 5.91 Å². The van der Waals surface area contributed by atoms with Crippen LogP contribution in [-0.2, 0) is 9.53 Å². The molecule has 0 aromatic heterocycles. The van der Waals surface area contributed by atoms with E-state index in [1.807, 2.05) is 7.05 Å². The Hall–Kier alpha value is -0.610. The van der Waals surface area contributed by atoms with Gasteiger partial charge in [0, 0.05) is 31.7 Å². The van der Waals surface area contributed by atoms with Gasteiger partial charge in [-0.25, -0.2) is 0 Å². The third-order valence-corrected chi connectivity index (χ3v) is 6.36. The molecular formula is C18H32N2O2. The van der Waals surface area contributed by atoms with Gasteiger partial charge in [-0.05, 0) is 45.6 Å². The molecule has 1 aliphatic heterocycles. The van der Waals surface area contributed by atoms with Crippen LogP contribution >= 0.6 is 0 Å². The van der Waals surface area contributed by atoms with Crippen LogP contribution < -0.4 is 5.32 Å². The average molecular weight is 308 g/mol. The second-order valence-corrected chi connectivity index (χ2v) is 7.48. The molecule has 4 nitrogen and oxygen atoms in total. The Morgan fingerprint density at radius 1 is 1.27 bits per heavy atom. The van der Waals surface area contributed by atoms with Gasteiger partial charge in [-0.1, -0.05) is 19.3 Å². The number of rotatable bonds is 4. The molecular weight excluding hydrogens is 276 g/mol. The molecule has 0 aromatic carbocycles. The van der Waals surface area contributed by atoms with E-state index in [0.29, 0.717) is 18.1 Å². The van der Waals surface area contributed by atoms with E-state index in [1.165, 1.54) is 32.1 Å². The Morgan fingerprint density at radius 3 is 2.68 bits per heavy atom. The van der Waals surface area contributed by atoms with Gasteiger partial charge < -0.3 is 15.0 Å². The van der Waals surface area contributed by atoms with Gasteiger partial charge in [0.05, 0.1) is 12.0 Å². The summed E-state index contributed by atoms with van der Waals surface area (Å²) in [5, 5.41) is 3.37. The molecule has 4 heteroatoms. The van der Waals surface area contributed by atoms with Crippen LogP contribution in [0, 0.1) is 11.3 Å². The predicted octanol–water partition coefficient (Wildman–Crippen LogP) is 2.57. The lowest BCUT2D eigenvalue weighted by atomic mass is 9.54. The fourth-order valence-corrected chi connectivity index (χ4v) is 5.07. The lowest BCUT2D eigenvalue weighted by molar-refractivity contribution is -0.187. The highest BCUT2D eigenvalue weighted by atomic mass is 16.5. The van der Waals surface area contributed by atoms with Crippen molar-refractivity contribution in [1.29, 1.82) is 0 Å². The first-order valence-corrected chi connectivity index (χ1v) is 9.28. The van der Waals surface area contributed by atoms with Gasteiger partial charge in [-0.15, -0.1) is 0 Å². The topological polar surface area (TPSA) is 41.6 Å². The van der Waals surface area contributed by atoms with Gasteiger partial charge in [0.15, 0.2) is 0 Å². The van der Waals surface area contributed by atoms with Crippen LogP contribution in [0.15, 0.2) is 0 Å². The summed E-state index contributed by atoms with van der Waals surface area (Å²) >= 11 is 0. The van der Waals surface area contributed by atoms with Crippen LogP contribution in [-0.4, -0.2) is 49.7 Å². The lowest BCUT2D eigenvalue weighted by Gasteiger charge is -2.60. The number of ether oxygens (including phenoxy) is 1. The van der Waals surface area contributed by atoms with Crippen molar-refractivity contribution in [2.45, 2.75) is 70.4 Å². The molecule has 1 spiro atoms. The first kappa shape index (κ1) is 16.3. The average Bonchev–Trinajstić information content (AvgIpc) is 2.58. The van der Waals surface area contributed by atoms with Crippen molar-refractivity contribution in [1.82, 2.24) is 10.2 Å². The molecule has 0 radical (unpaired) electrons. The zero-order chi connectivity index (χ0) is 15.6. The second kappa shape index (κ2) is 6.88. The van der Waals surface area contributed by atoms with Crippen LogP contribution in [0.4, 0.5) is 0 Å². The standard InChI is InChI=1S/C18H32N2O2/c1-3-22-16-12-15(18(16)9-5-4-6-10-18)20(2)17(21)14-8-7-11-19-13-14/h14-16,19H,3-13H2,1-2H3. The van der Waals surface area contributed by atoms with E-state index in [1.54, 1.807) is 0 Å². The summed E-state index contributed by atoms with van der Waals surface area (Å²) in [5.41, 5.74) is 0.251. The van der Waals surface area contributed by atoms with Crippen LogP contribution in [0.2, 0.25) is 0 Å². The highest BCUT2D eigenvalue weighted by Crippen LogP contribution is 2.55. The molecule has 3 fully saturated rings. The highest BCUT2D eigenvalue weighted by Gasteiger charge is 2.58. The van der Waals surface area contributed by atoms with Crippen LogP contribution in [0.25, 0.3) is 0 Å². The number of nitrogens with one attached hydrogen (secondary N) is 1.